The van der Waals surface area contributed by atoms with Crippen LogP contribution in [0.5, 0.6) is 11.5 Å². The number of benzene rings is 1. The minimum atomic E-state index is -0.936. The van der Waals surface area contributed by atoms with Gasteiger partial charge in [-0.25, -0.2) is 9.78 Å². The summed E-state index contributed by atoms with van der Waals surface area (Å²) in [5.74, 6) is 0.336. The largest absolute Gasteiger partial charge is 0.493 e. The minimum absolute atomic E-state index is 0.293. The van der Waals surface area contributed by atoms with Gasteiger partial charge < -0.3 is 14.6 Å². The van der Waals surface area contributed by atoms with Crippen LogP contribution in [0.4, 0.5) is 0 Å². The van der Waals surface area contributed by atoms with Crippen LogP contribution in [0.3, 0.4) is 0 Å². The molecule has 0 spiro atoms. The fraction of sp³-hybridized carbons (Fsp3) is 0.333. The Kier molecular flexibility index (Phi) is 4.80. The second-order valence-corrected chi connectivity index (χ2v) is 5.25. The van der Waals surface area contributed by atoms with Gasteiger partial charge in [0.1, 0.15) is 9.88 Å². The molecule has 0 aliphatic carbocycles. The molecule has 0 aliphatic heterocycles. The molecule has 5 nitrogen and oxygen atoms in total. The number of methoxy groups -OCH3 is 1. The average Bonchev–Trinajstić information content (AvgIpc) is 2.92. The van der Waals surface area contributed by atoms with Crippen molar-refractivity contribution in [3.05, 3.63) is 28.8 Å². The molecule has 0 fully saturated rings. The van der Waals surface area contributed by atoms with E-state index in [1.807, 2.05) is 26.0 Å². The Morgan fingerprint density at radius 3 is 2.62 bits per heavy atom. The number of hydrogen-bond donors (Lipinski definition) is 1. The van der Waals surface area contributed by atoms with Gasteiger partial charge in [0.2, 0.25) is 0 Å². The van der Waals surface area contributed by atoms with Crippen LogP contribution < -0.4 is 9.47 Å². The molecule has 1 N–H and O–H groups in total. The van der Waals surface area contributed by atoms with E-state index in [-0.39, 0.29) is 0 Å². The quantitative estimate of drug-likeness (QED) is 0.885. The van der Waals surface area contributed by atoms with Crippen molar-refractivity contribution in [2.24, 2.45) is 0 Å². The highest BCUT2D eigenvalue weighted by molar-refractivity contribution is 7.17. The molecular formula is C15H17NO4S. The second kappa shape index (κ2) is 6.58. The van der Waals surface area contributed by atoms with E-state index in [2.05, 4.69) is 4.98 Å². The number of ether oxygens (including phenoxy) is 2. The Hall–Kier alpha value is -2.08. The van der Waals surface area contributed by atoms with E-state index in [1.54, 1.807) is 13.2 Å². The molecule has 1 aromatic heterocycles. The van der Waals surface area contributed by atoms with Gasteiger partial charge in [-0.05, 0) is 31.5 Å². The van der Waals surface area contributed by atoms with Crippen molar-refractivity contribution in [3.63, 3.8) is 0 Å². The molecule has 0 unspecified atom stereocenters. The Labute approximate surface area is 127 Å². The van der Waals surface area contributed by atoms with E-state index < -0.39 is 5.97 Å². The molecule has 112 valence electrons. The number of hydrogen-bond acceptors (Lipinski definition) is 5. The summed E-state index contributed by atoms with van der Waals surface area (Å²) in [7, 11) is 1.58. The van der Waals surface area contributed by atoms with Crippen LogP contribution in [0.25, 0.3) is 10.6 Å². The number of aryl methyl sites for hydroxylation is 1. The van der Waals surface area contributed by atoms with Crippen molar-refractivity contribution in [1.29, 1.82) is 0 Å². The number of carbonyl (C=O) groups is 1. The molecule has 2 rings (SSSR count). The molecule has 6 heteroatoms. The molecule has 1 aromatic carbocycles. The van der Waals surface area contributed by atoms with E-state index in [0.29, 0.717) is 40.1 Å². The molecule has 0 atom stereocenters. The molecule has 2 aromatic rings. The lowest BCUT2D eigenvalue weighted by atomic mass is 10.2. The fourth-order valence-electron chi connectivity index (χ4n) is 1.96. The summed E-state index contributed by atoms with van der Waals surface area (Å²) < 4.78 is 10.8. The van der Waals surface area contributed by atoms with Gasteiger partial charge in [0.05, 0.1) is 19.4 Å². The highest BCUT2D eigenvalue weighted by atomic mass is 32.1. The third-order valence-corrected chi connectivity index (χ3v) is 4.07. The predicted octanol–water partition coefficient (Wildman–Crippen LogP) is 3.48. The number of aromatic carboxylic acids is 1. The number of nitrogens with zero attached hydrogens (tertiary/aromatic N) is 1. The van der Waals surface area contributed by atoms with Gasteiger partial charge in [0.25, 0.3) is 0 Å². The minimum Gasteiger partial charge on any atom is -0.493 e. The van der Waals surface area contributed by atoms with Crippen LogP contribution in [-0.2, 0) is 6.42 Å². The van der Waals surface area contributed by atoms with Crippen molar-refractivity contribution >= 4 is 17.3 Å². The van der Waals surface area contributed by atoms with Gasteiger partial charge in [0, 0.05) is 5.56 Å². The maximum atomic E-state index is 11.2. The topological polar surface area (TPSA) is 68.7 Å². The Morgan fingerprint density at radius 2 is 2.10 bits per heavy atom. The third-order valence-electron chi connectivity index (χ3n) is 2.94. The van der Waals surface area contributed by atoms with Crippen molar-refractivity contribution < 1.29 is 19.4 Å². The SMILES string of the molecule is CCOc1cc(-c2nc(CC)c(C(=O)O)s2)ccc1OC. The monoisotopic (exact) mass is 307 g/mol. The third kappa shape index (κ3) is 3.16. The van der Waals surface area contributed by atoms with Crippen LogP contribution in [-0.4, -0.2) is 29.8 Å². The summed E-state index contributed by atoms with van der Waals surface area (Å²) in [6.45, 7) is 4.32. The summed E-state index contributed by atoms with van der Waals surface area (Å²) in [4.78, 5) is 15.9. The number of aromatic nitrogens is 1. The van der Waals surface area contributed by atoms with Gasteiger partial charge >= 0.3 is 5.97 Å². The summed E-state index contributed by atoms with van der Waals surface area (Å²) in [6, 6.07) is 5.48. The van der Waals surface area contributed by atoms with Crippen molar-refractivity contribution in [2.75, 3.05) is 13.7 Å². The second-order valence-electron chi connectivity index (χ2n) is 4.25. The zero-order chi connectivity index (χ0) is 15.4. The summed E-state index contributed by atoms with van der Waals surface area (Å²) in [5.41, 5.74) is 1.43. The highest BCUT2D eigenvalue weighted by Crippen LogP contribution is 2.35. The van der Waals surface area contributed by atoms with Gasteiger partial charge in [-0.15, -0.1) is 11.3 Å². The lowest BCUT2D eigenvalue weighted by molar-refractivity contribution is 0.0701. The van der Waals surface area contributed by atoms with Crippen LogP contribution >= 0.6 is 11.3 Å². The molecule has 0 radical (unpaired) electrons. The summed E-state index contributed by atoms with van der Waals surface area (Å²) in [6.07, 6.45) is 0.590. The summed E-state index contributed by atoms with van der Waals surface area (Å²) in [5, 5.41) is 9.88. The van der Waals surface area contributed by atoms with Crippen LogP contribution in [0.15, 0.2) is 18.2 Å². The first kappa shape index (κ1) is 15.3. The van der Waals surface area contributed by atoms with Gasteiger partial charge in [-0.2, -0.15) is 0 Å². The maximum Gasteiger partial charge on any atom is 0.347 e. The van der Waals surface area contributed by atoms with E-state index in [4.69, 9.17) is 9.47 Å². The maximum absolute atomic E-state index is 11.2. The number of rotatable bonds is 6. The molecular weight excluding hydrogens is 290 g/mol. The fourth-order valence-corrected chi connectivity index (χ4v) is 2.95. The first-order chi connectivity index (χ1) is 10.1. The van der Waals surface area contributed by atoms with Crippen LogP contribution in [0.1, 0.15) is 29.2 Å². The molecule has 0 saturated carbocycles. The Morgan fingerprint density at radius 1 is 1.33 bits per heavy atom. The van der Waals surface area contributed by atoms with Crippen molar-refractivity contribution in [1.82, 2.24) is 4.98 Å². The van der Waals surface area contributed by atoms with Gasteiger partial charge in [-0.1, -0.05) is 6.92 Å². The highest BCUT2D eigenvalue weighted by Gasteiger charge is 2.17. The van der Waals surface area contributed by atoms with E-state index in [1.165, 1.54) is 11.3 Å². The Balaban J connectivity index is 2.46. The zero-order valence-corrected chi connectivity index (χ0v) is 13.0. The predicted molar refractivity (Wildman–Crippen MR) is 81.6 cm³/mol. The molecule has 0 bridgehead atoms. The van der Waals surface area contributed by atoms with Crippen molar-refractivity contribution in [2.45, 2.75) is 20.3 Å². The number of carboxylic acids is 1. The van der Waals surface area contributed by atoms with Crippen LogP contribution in [0, 0.1) is 0 Å². The molecule has 1 heterocycles. The zero-order valence-electron chi connectivity index (χ0n) is 12.2. The molecule has 21 heavy (non-hydrogen) atoms. The van der Waals surface area contributed by atoms with Gasteiger partial charge in [0.15, 0.2) is 11.5 Å². The van der Waals surface area contributed by atoms with E-state index in [9.17, 15) is 9.90 Å². The molecule has 0 aliphatic rings. The first-order valence-corrected chi connectivity index (χ1v) is 7.46. The molecule has 0 amide bonds. The summed E-state index contributed by atoms with van der Waals surface area (Å²) >= 11 is 1.18. The lowest BCUT2D eigenvalue weighted by Gasteiger charge is -2.10. The lowest BCUT2D eigenvalue weighted by Crippen LogP contribution is -1.97. The average molecular weight is 307 g/mol. The normalized spacial score (nSPS) is 10.4. The Bertz CT molecular complexity index is 651. The van der Waals surface area contributed by atoms with Crippen molar-refractivity contribution in [3.8, 4) is 22.1 Å². The smallest absolute Gasteiger partial charge is 0.347 e. The first-order valence-electron chi connectivity index (χ1n) is 6.64. The number of carboxylic acid groups (broad SMARTS) is 1. The molecule has 0 saturated heterocycles. The van der Waals surface area contributed by atoms with E-state index >= 15 is 0 Å². The van der Waals surface area contributed by atoms with Gasteiger partial charge in [-0.3, -0.25) is 0 Å². The van der Waals surface area contributed by atoms with Crippen LogP contribution in [0.2, 0.25) is 0 Å². The standard InChI is InChI=1S/C15H17NO4S/c1-4-10-13(15(17)18)21-14(16-10)9-6-7-11(19-3)12(8-9)20-5-2/h6-8H,4-5H2,1-3H3,(H,17,18). The van der Waals surface area contributed by atoms with E-state index in [0.717, 1.165) is 5.56 Å². The number of thiazole rings is 1.